The van der Waals surface area contributed by atoms with Crippen LogP contribution in [0.1, 0.15) is 49.1 Å². The summed E-state index contributed by atoms with van der Waals surface area (Å²) in [5, 5.41) is 1.22. The van der Waals surface area contributed by atoms with E-state index in [2.05, 4.69) is 11.8 Å². The molecule has 3 rings (SSSR count). The van der Waals surface area contributed by atoms with Gasteiger partial charge in [-0.05, 0) is 32.6 Å². The number of nitrogens with two attached hydrogens (primary N) is 1. The number of nitrogens with zero attached hydrogens (tertiary/aromatic N) is 2. The number of anilines is 1. The standard InChI is InChI=1S/C12H19N3S/c1-8-3-2-6-15(8)12-14-11(9-4-5-9)10(7-13)16-12/h8-9H,2-7,13H2,1H3. The van der Waals surface area contributed by atoms with Crippen molar-refractivity contribution in [3.8, 4) is 0 Å². The number of rotatable bonds is 3. The van der Waals surface area contributed by atoms with Crippen LogP contribution in [0.25, 0.3) is 0 Å². The van der Waals surface area contributed by atoms with Crippen LogP contribution in [0.3, 0.4) is 0 Å². The maximum absolute atomic E-state index is 5.81. The van der Waals surface area contributed by atoms with Gasteiger partial charge in [0.15, 0.2) is 5.13 Å². The summed E-state index contributed by atoms with van der Waals surface area (Å²) in [6, 6.07) is 0.656. The van der Waals surface area contributed by atoms with Gasteiger partial charge in [0.2, 0.25) is 0 Å². The van der Waals surface area contributed by atoms with E-state index >= 15 is 0 Å². The zero-order chi connectivity index (χ0) is 11.1. The van der Waals surface area contributed by atoms with Crippen LogP contribution in [0.2, 0.25) is 0 Å². The molecule has 1 atom stereocenters. The Hall–Kier alpha value is -0.610. The molecule has 2 N–H and O–H groups in total. The lowest BCUT2D eigenvalue weighted by molar-refractivity contribution is 0.731. The van der Waals surface area contributed by atoms with Crippen molar-refractivity contribution in [1.29, 1.82) is 0 Å². The highest BCUT2D eigenvalue weighted by molar-refractivity contribution is 7.15. The first-order valence-corrected chi connectivity index (χ1v) is 7.07. The monoisotopic (exact) mass is 237 g/mol. The van der Waals surface area contributed by atoms with Crippen molar-refractivity contribution in [2.75, 3.05) is 11.4 Å². The quantitative estimate of drug-likeness (QED) is 0.878. The topological polar surface area (TPSA) is 42.2 Å². The summed E-state index contributed by atoms with van der Waals surface area (Å²) in [5.74, 6) is 0.724. The van der Waals surface area contributed by atoms with Gasteiger partial charge in [0.1, 0.15) is 0 Å². The third-order valence-corrected chi connectivity index (χ3v) is 4.79. The Labute approximate surface area is 101 Å². The first-order chi connectivity index (χ1) is 7.79. The molecule has 16 heavy (non-hydrogen) atoms. The Bertz CT molecular complexity index is 384. The Kier molecular flexibility index (Phi) is 2.64. The van der Waals surface area contributed by atoms with Gasteiger partial charge in [0.25, 0.3) is 0 Å². The second-order valence-electron chi connectivity index (χ2n) is 4.97. The van der Waals surface area contributed by atoms with E-state index in [-0.39, 0.29) is 0 Å². The second-order valence-corrected chi connectivity index (χ2v) is 6.03. The molecule has 88 valence electrons. The number of hydrogen-bond acceptors (Lipinski definition) is 4. The van der Waals surface area contributed by atoms with Crippen molar-refractivity contribution in [2.45, 2.75) is 51.1 Å². The van der Waals surface area contributed by atoms with Crippen LogP contribution < -0.4 is 10.6 Å². The fourth-order valence-electron chi connectivity index (χ4n) is 2.51. The molecule has 1 saturated carbocycles. The summed E-state index contributed by atoms with van der Waals surface area (Å²) < 4.78 is 0. The molecule has 0 spiro atoms. The fourth-order valence-corrected chi connectivity index (χ4v) is 3.67. The van der Waals surface area contributed by atoms with Crippen LogP contribution in [0, 0.1) is 0 Å². The van der Waals surface area contributed by atoms with Crippen LogP contribution in [0.5, 0.6) is 0 Å². The van der Waals surface area contributed by atoms with Crippen molar-refractivity contribution < 1.29 is 0 Å². The van der Waals surface area contributed by atoms with E-state index in [1.165, 1.54) is 47.9 Å². The fraction of sp³-hybridized carbons (Fsp3) is 0.750. The lowest BCUT2D eigenvalue weighted by Gasteiger charge is -2.19. The van der Waals surface area contributed by atoms with Crippen molar-refractivity contribution >= 4 is 16.5 Å². The summed E-state index contributed by atoms with van der Waals surface area (Å²) in [6.07, 6.45) is 5.23. The van der Waals surface area contributed by atoms with E-state index in [0.29, 0.717) is 12.6 Å². The predicted octanol–water partition coefficient (Wildman–Crippen LogP) is 2.47. The van der Waals surface area contributed by atoms with E-state index in [4.69, 9.17) is 10.7 Å². The van der Waals surface area contributed by atoms with Crippen molar-refractivity contribution in [2.24, 2.45) is 5.73 Å². The summed E-state index contributed by atoms with van der Waals surface area (Å²) in [7, 11) is 0. The van der Waals surface area contributed by atoms with Gasteiger partial charge in [-0.2, -0.15) is 0 Å². The highest BCUT2D eigenvalue weighted by Gasteiger charge is 2.31. The molecule has 0 aromatic carbocycles. The van der Waals surface area contributed by atoms with Crippen LogP contribution in [-0.4, -0.2) is 17.6 Å². The minimum Gasteiger partial charge on any atom is -0.345 e. The number of aromatic nitrogens is 1. The molecule has 1 aromatic heterocycles. The molecule has 0 amide bonds. The van der Waals surface area contributed by atoms with Crippen LogP contribution in [-0.2, 0) is 6.54 Å². The number of thiazole rings is 1. The average Bonchev–Trinajstić information content (AvgIpc) is 2.90. The smallest absolute Gasteiger partial charge is 0.186 e. The molecule has 0 bridgehead atoms. The Morgan fingerprint density at radius 1 is 1.44 bits per heavy atom. The largest absolute Gasteiger partial charge is 0.345 e. The van der Waals surface area contributed by atoms with Gasteiger partial charge < -0.3 is 10.6 Å². The van der Waals surface area contributed by atoms with Gasteiger partial charge in [0, 0.05) is 29.9 Å². The minimum atomic E-state index is 0.656. The highest BCUT2D eigenvalue weighted by atomic mass is 32.1. The molecular formula is C12H19N3S. The molecule has 3 nitrogen and oxygen atoms in total. The van der Waals surface area contributed by atoms with Gasteiger partial charge in [-0.3, -0.25) is 0 Å². The minimum absolute atomic E-state index is 0.656. The third kappa shape index (κ3) is 1.74. The molecule has 2 fully saturated rings. The van der Waals surface area contributed by atoms with Crippen LogP contribution in [0.15, 0.2) is 0 Å². The van der Waals surface area contributed by atoms with Crippen molar-refractivity contribution in [1.82, 2.24) is 4.98 Å². The van der Waals surface area contributed by atoms with E-state index < -0.39 is 0 Å². The molecule has 1 saturated heterocycles. The van der Waals surface area contributed by atoms with Gasteiger partial charge in [-0.1, -0.05) is 0 Å². The van der Waals surface area contributed by atoms with Gasteiger partial charge in [-0.15, -0.1) is 11.3 Å². The maximum atomic E-state index is 5.81. The summed E-state index contributed by atoms with van der Waals surface area (Å²) in [6.45, 7) is 4.13. The Balaban J connectivity index is 1.89. The number of hydrogen-bond donors (Lipinski definition) is 1. The SMILES string of the molecule is CC1CCCN1c1nc(C2CC2)c(CN)s1. The van der Waals surface area contributed by atoms with Crippen molar-refractivity contribution in [3.05, 3.63) is 10.6 Å². The van der Waals surface area contributed by atoms with E-state index in [1.54, 1.807) is 0 Å². The average molecular weight is 237 g/mol. The normalized spacial score (nSPS) is 25.4. The van der Waals surface area contributed by atoms with Gasteiger partial charge in [0.05, 0.1) is 5.69 Å². The highest BCUT2D eigenvalue weighted by Crippen LogP contribution is 2.44. The second kappa shape index (κ2) is 4.00. The molecule has 1 aliphatic carbocycles. The molecule has 2 heterocycles. The van der Waals surface area contributed by atoms with Gasteiger partial charge in [-0.25, -0.2) is 4.98 Å². The summed E-state index contributed by atoms with van der Waals surface area (Å²) in [5.41, 5.74) is 7.12. The van der Waals surface area contributed by atoms with Crippen LogP contribution >= 0.6 is 11.3 Å². The van der Waals surface area contributed by atoms with E-state index in [9.17, 15) is 0 Å². The zero-order valence-corrected chi connectivity index (χ0v) is 10.6. The summed E-state index contributed by atoms with van der Waals surface area (Å²) >= 11 is 1.82. The summed E-state index contributed by atoms with van der Waals surface area (Å²) in [4.78, 5) is 8.61. The predicted molar refractivity (Wildman–Crippen MR) is 68.0 cm³/mol. The van der Waals surface area contributed by atoms with Crippen LogP contribution in [0.4, 0.5) is 5.13 Å². The Morgan fingerprint density at radius 3 is 2.81 bits per heavy atom. The molecule has 0 radical (unpaired) electrons. The molecule has 2 aliphatic rings. The first-order valence-electron chi connectivity index (χ1n) is 6.26. The zero-order valence-electron chi connectivity index (χ0n) is 9.78. The third-order valence-electron chi connectivity index (χ3n) is 3.66. The molecular weight excluding hydrogens is 218 g/mol. The molecule has 1 aliphatic heterocycles. The van der Waals surface area contributed by atoms with Crippen molar-refractivity contribution in [3.63, 3.8) is 0 Å². The molecule has 1 aromatic rings. The maximum Gasteiger partial charge on any atom is 0.186 e. The van der Waals surface area contributed by atoms with E-state index in [0.717, 1.165) is 5.92 Å². The first kappa shape index (κ1) is 10.5. The molecule has 1 unspecified atom stereocenters. The van der Waals surface area contributed by atoms with E-state index in [1.807, 2.05) is 11.3 Å². The lowest BCUT2D eigenvalue weighted by Crippen LogP contribution is -2.25. The lowest BCUT2D eigenvalue weighted by atomic mass is 10.2. The Morgan fingerprint density at radius 2 is 2.25 bits per heavy atom. The molecule has 4 heteroatoms. The van der Waals surface area contributed by atoms with Gasteiger partial charge >= 0.3 is 0 Å².